The molecule has 0 unspecified atom stereocenters. The molecule has 0 aliphatic rings. The van der Waals surface area contributed by atoms with E-state index in [2.05, 4.69) is 37.4 Å². The first-order chi connectivity index (χ1) is 14.3. The molecule has 0 radical (unpaired) electrons. The Morgan fingerprint density at radius 1 is 1.25 bits per heavy atom. The molecule has 0 aromatic heterocycles. The van der Waals surface area contributed by atoms with E-state index >= 15 is 0 Å². The summed E-state index contributed by atoms with van der Waals surface area (Å²) in [6, 6.07) is 4.63. The second-order valence-corrected chi connectivity index (χ2v) is 8.99. The predicted molar refractivity (Wildman–Crippen MR) is 124 cm³/mol. The molecule has 0 atom stereocenters. The molecule has 0 saturated heterocycles. The summed E-state index contributed by atoms with van der Waals surface area (Å²) in [7, 11) is 0. The van der Waals surface area contributed by atoms with E-state index in [1.54, 1.807) is 58.6 Å². The third-order valence-electron chi connectivity index (χ3n) is 4.17. The van der Waals surface area contributed by atoms with Crippen molar-refractivity contribution in [1.29, 1.82) is 0 Å². The SMILES string of the molecule is CCCN(C(=O)CNC(=O)OC(C)(C)C)C(C)(C)[C-]=NC(=[C-]Br)c1ccc(F)c(C)c1.[Li+]. The second-order valence-electron chi connectivity index (χ2n) is 8.59. The van der Waals surface area contributed by atoms with E-state index < -0.39 is 17.2 Å². The van der Waals surface area contributed by atoms with Crippen LogP contribution in [0.25, 0.3) is 5.70 Å². The molecule has 1 rings (SSSR count). The van der Waals surface area contributed by atoms with Crippen LogP contribution in [-0.4, -0.2) is 47.3 Å². The first-order valence-corrected chi connectivity index (χ1v) is 10.9. The number of halogens is 2. The van der Waals surface area contributed by atoms with E-state index in [4.69, 9.17) is 4.74 Å². The van der Waals surface area contributed by atoms with Crippen LogP contribution in [0.4, 0.5) is 9.18 Å². The summed E-state index contributed by atoms with van der Waals surface area (Å²) in [5, 5.41) is 2.49. The van der Waals surface area contributed by atoms with Crippen LogP contribution < -0.4 is 24.2 Å². The Labute approximate surface area is 211 Å². The molecule has 1 aromatic rings. The molecule has 0 aliphatic heterocycles. The average molecular weight is 503 g/mol. The van der Waals surface area contributed by atoms with Gasteiger partial charge in [-0.15, -0.1) is 12.1 Å². The van der Waals surface area contributed by atoms with Crippen molar-refractivity contribution in [2.45, 2.75) is 66.0 Å². The Morgan fingerprint density at radius 3 is 2.38 bits per heavy atom. The summed E-state index contributed by atoms with van der Waals surface area (Å²) >= 11 is 3.17. The summed E-state index contributed by atoms with van der Waals surface area (Å²) in [4.78, 5) is 33.4. The number of benzene rings is 1. The van der Waals surface area contributed by atoms with Crippen LogP contribution in [0.1, 0.15) is 59.1 Å². The Hall–Kier alpha value is -1.62. The molecule has 172 valence electrons. The van der Waals surface area contributed by atoms with Gasteiger partial charge in [0.1, 0.15) is 18.0 Å². The normalized spacial score (nSPS) is 12.3. The second kappa shape index (κ2) is 13.2. The smallest absolute Gasteiger partial charge is 0.490 e. The Morgan fingerprint density at radius 2 is 1.88 bits per heavy atom. The van der Waals surface area contributed by atoms with Gasteiger partial charge in [0.15, 0.2) is 0 Å². The average Bonchev–Trinajstić information content (AvgIpc) is 2.65. The van der Waals surface area contributed by atoms with Gasteiger partial charge >= 0.3 is 25.0 Å². The van der Waals surface area contributed by atoms with E-state index in [1.165, 1.54) is 6.07 Å². The molecule has 0 aliphatic carbocycles. The number of aryl methyl sites for hydroxylation is 1. The molecular weight excluding hydrogens is 472 g/mol. The molecule has 0 spiro atoms. The molecule has 1 aromatic carbocycles. The zero-order valence-corrected chi connectivity index (χ0v) is 21.8. The van der Waals surface area contributed by atoms with Gasteiger partial charge in [-0.2, -0.15) is 6.21 Å². The van der Waals surface area contributed by atoms with Crippen molar-refractivity contribution < 1.29 is 37.6 Å². The van der Waals surface area contributed by atoms with Crippen molar-refractivity contribution in [1.82, 2.24) is 10.2 Å². The minimum Gasteiger partial charge on any atom is -0.490 e. The number of nitrogens with one attached hydrogen (secondary N) is 1. The van der Waals surface area contributed by atoms with Gasteiger partial charge in [-0.05, 0) is 51.3 Å². The van der Waals surface area contributed by atoms with E-state index in [1.807, 2.05) is 6.92 Å². The topological polar surface area (TPSA) is 71.0 Å². The molecule has 2 amide bonds. The Kier molecular flexibility index (Phi) is 12.5. The van der Waals surface area contributed by atoms with Crippen LogP contribution >= 0.6 is 15.9 Å². The van der Waals surface area contributed by atoms with Crippen molar-refractivity contribution >= 4 is 39.8 Å². The number of ether oxygens (including phenoxy) is 1. The van der Waals surface area contributed by atoms with Gasteiger partial charge in [0, 0.05) is 6.54 Å². The molecule has 0 saturated carbocycles. The van der Waals surface area contributed by atoms with Gasteiger partial charge in [-0.1, -0.05) is 20.8 Å². The zero-order chi connectivity index (χ0) is 23.8. The van der Waals surface area contributed by atoms with Crippen LogP contribution in [-0.2, 0) is 9.53 Å². The van der Waals surface area contributed by atoms with E-state index in [0.717, 1.165) is 0 Å². The Balaban J connectivity index is 0.00000961. The molecule has 0 heterocycles. The maximum Gasteiger partial charge on any atom is 1.00 e. The summed E-state index contributed by atoms with van der Waals surface area (Å²) in [6.07, 6.45) is 3.06. The first-order valence-electron chi connectivity index (χ1n) is 10.1. The molecular formula is C23H31BrFLiN3O3-. The fourth-order valence-electron chi connectivity index (χ4n) is 2.68. The summed E-state index contributed by atoms with van der Waals surface area (Å²) in [5.41, 5.74) is 0.0606. The number of carbonyl (C=O) groups is 2. The first kappa shape index (κ1) is 30.4. The van der Waals surface area contributed by atoms with Crippen LogP contribution in [0.5, 0.6) is 0 Å². The van der Waals surface area contributed by atoms with Crippen LogP contribution in [0.15, 0.2) is 23.2 Å². The molecule has 0 fully saturated rings. The van der Waals surface area contributed by atoms with E-state index in [-0.39, 0.29) is 37.1 Å². The van der Waals surface area contributed by atoms with Gasteiger partial charge < -0.3 is 19.9 Å². The predicted octanol–water partition coefficient (Wildman–Crippen LogP) is 2.12. The van der Waals surface area contributed by atoms with Crippen LogP contribution in [0, 0.1) is 17.7 Å². The number of alkyl carbamates (subject to hydrolysis) is 1. The molecule has 9 heteroatoms. The fourth-order valence-corrected chi connectivity index (χ4v) is 3.00. The number of hydrogen-bond donors (Lipinski definition) is 1. The maximum atomic E-state index is 13.6. The van der Waals surface area contributed by atoms with Crippen molar-refractivity contribution in [2.24, 2.45) is 4.99 Å². The van der Waals surface area contributed by atoms with Crippen molar-refractivity contribution in [3.8, 4) is 0 Å². The molecule has 1 N–H and O–H groups in total. The summed E-state index contributed by atoms with van der Waals surface area (Å²) < 4.78 is 18.7. The number of rotatable bonds is 8. The molecule has 6 nitrogen and oxygen atoms in total. The zero-order valence-electron chi connectivity index (χ0n) is 20.2. The standard InChI is InChI=1S/C23H31BrFN3O3.Li/c1-8-11-28(20(29)14-26-21(30)31-22(3,4)5)23(6,7)15-27-19(13-24)17-9-10-18(25)16(2)12-17;/h9-10,12H,8,11,14H2,1-7H3,(H,26,30);/q-2;+1. The summed E-state index contributed by atoms with van der Waals surface area (Å²) in [5.74, 6) is -0.588. The Bertz CT molecular complexity index is 851. The van der Waals surface area contributed by atoms with Crippen molar-refractivity contribution in [2.75, 3.05) is 13.1 Å². The van der Waals surface area contributed by atoms with Crippen LogP contribution in [0.3, 0.4) is 0 Å². The minimum atomic E-state index is -0.868. The van der Waals surface area contributed by atoms with Crippen LogP contribution in [0.2, 0.25) is 0 Å². The third-order valence-corrected chi connectivity index (χ3v) is 4.54. The number of nitrogens with zero attached hydrogens (tertiary/aromatic N) is 2. The molecule has 0 bridgehead atoms. The van der Waals surface area contributed by atoms with Gasteiger partial charge in [0.2, 0.25) is 5.91 Å². The summed E-state index contributed by atoms with van der Waals surface area (Å²) in [6.45, 7) is 12.7. The minimum absolute atomic E-state index is 0. The van der Waals surface area contributed by atoms with Gasteiger partial charge in [0.05, 0.1) is 0 Å². The number of aliphatic imine (C=N–C) groups is 1. The van der Waals surface area contributed by atoms with E-state index in [0.29, 0.717) is 29.8 Å². The monoisotopic (exact) mass is 502 g/mol. The largest absolute Gasteiger partial charge is 1.00 e. The van der Waals surface area contributed by atoms with E-state index in [9.17, 15) is 14.0 Å². The third kappa shape index (κ3) is 9.89. The maximum absolute atomic E-state index is 13.6. The quantitative estimate of drug-likeness (QED) is 0.336. The van der Waals surface area contributed by atoms with Gasteiger partial charge in [-0.3, -0.25) is 15.5 Å². The van der Waals surface area contributed by atoms with Crippen molar-refractivity contribution in [3.05, 3.63) is 40.1 Å². The number of amides is 2. The number of carbonyl (C=O) groups excluding carboxylic acids is 2. The number of hydrogen-bond acceptors (Lipinski definition) is 4. The fraction of sp³-hybridized carbons (Fsp3) is 0.522. The molecule has 32 heavy (non-hydrogen) atoms. The van der Waals surface area contributed by atoms with Gasteiger partial charge in [-0.25, -0.2) is 30.7 Å². The van der Waals surface area contributed by atoms with Gasteiger partial charge in [0.25, 0.3) is 0 Å². The van der Waals surface area contributed by atoms with Crippen molar-refractivity contribution in [3.63, 3.8) is 0 Å².